The van der Waals surface area contributed by atoms with Crippen LogP contribution in [-0.2, 0) is 19.9 Å². The summed E-state index contributed by atoms with van der Waals surface area (Å²) in [5, 5.41) is 2.97. The highest BCUT2D eigenvalue weighted by molar-refractivity contribution is 5.88. The number of likely N-dealkylation sites (tertiary alicyclic amines) is 1. The molecule has 2 aliphatic rings. The Kier molecular flexibility index (Phi) is 9.09. The molecule has 0 aliphatic carbocycles. The van der Waals surface area contributed by atoms with Gasteiger partial charge < -0.3 is 24.6 Å². The fourth-order valence-corrected chi connectivity index (χ4v) is 6.15. The van der Waals surface area contributed by atoms with Gasteiger partial charge in [-0.2, -0.15) is 13.2 Å². The van der Waals surface area contributed by atoms with Crippen LogP contribution in [0.5, 0.6) is 5.75 Å². The second-order valence-electron chi connectivity index (χ2n) is 11.0. The second kappa shape index (κ2) is 12.2. The van der Waals surface area contributed by atoms with Gasteiger partial charge in [-0.1, -0.05) is 48.5 Å². The third-order valence-electron chi connectivity index (χ3n) is 8.29. The third-order valence-corrected chi connectivity index (χ3v) is 8.29. The maximum atomic E-state index is 14.5. The van der Waals surface area contributed by atoms with Crippen LogP contribution in [0.15, 0.2) is 54.6 Å². The molecule has 0 aromatic heterocycles. The van der Waals surface area contributed by atoms with Crippen molar-refractivity contribution in [2.75, 3.05) is 54.0 Å². The highest BCUT2D eigenvalue weighted by Gasteiger charge is 2.64. The lowest BCUT2D eigenvalue weighted by molar-refractivity contribution is -0.271. The average Bonchev–Trinajstić information content (AvgIpc) is 2.92. The summed E-state index contributed by atoms with van der Waals surface area (Å²) < 4.78 is 54.8. The van der Waals surface area contributed by atoms with E-state index < -0.39 is 23.1 Å². The van der Waals surface area contributed by atoms with Crippen LogP contribution in [0.3, 0.4) is 0 Å². The Morgan fingerprint density at radius 3 is 2.35 bits per heavy atom. The first kappa shape index (κ1) is 29.9. The first-order valence-corrected chi connectivity index (χ1v) is 13.6. The SMILES string of the molecule is CO[C@@](C(=O)N1CCC2(CC1)CC(=O)NCC2c1ccccc1OCCCN(C)C)(c1ccccc1)C(F)(F)F. The summed E-state index contributed by atoms with van der Waals surface area (Å²) in [6.07, 6.45) is -3.10. The van der Waals surface area contributed by atoms with Crippen LogP contribution < -0.4 is 10.1 Å². The number of amides is 2. The van der Waals surface area contributed by atoms with Crippen LogP contribution in [-0.4, -0.2) is 81.8 Å². The molecule has 10 heteroatoms. The minimum absolute atomic E-state index is 0.0858. The fraction of sp³-hybridized carbons (Fsp3) is 0.533. The van der Waals surface area contributed by atoms with Crippen molar-refractivity contribution in [1.29, 1.82) is 0 Å². The van der Waals surface area contributed by atoms with Gasteiger partial charge in [0.2, 0.25) is 5.91 Å². The molecule has 7 nitrogen and oxygen atoms in total. The van der Waals surface area contributed by atoms with Crippen molar-refractivity contribution in [2.24, 2.45) is 5.41 Å². The summed E-state index contributed by atoms with van der Waals surface area (Å²) in [4.78, 5) is 29.6. The van der Waals surface area contributed by atoms with E-state index in [1.54, 1.807) is 6.07 Å². The van der Waals surface area contributed by atoms with Crippen molar-refractivity contribution < 1.29 is 32.2 Å². The van der Waals surface area contributed by atoms with Crippen molar-refractivity contribution >= 4 is 11.8 Å². The zero-order valence-electron chi connectivity index (χ0n) is 23.3. The topological polar surface area (TPSA) is 71.1 Å². The molecular weight excluding hydrogens is 523 g/mol. The number of methoxy groups -OCH3 is 1. The first-order valence-electron chi connectivity index (χ1n) is 13.6. The van der Waals surface area contributed by atoms with Crippen molar-refractivity contribution in [3.63, 3.8) is 0 Å². The molecule has 2 aromatic carbocycles. The van der Waals surface area contributed by atoms with E-state index >= 15 is 0 Å². The molecule has 2 aliphatic heterocycles. The summed E-state index contributed by atoms with van der Waals surface area (Å²) in [5.41, 5.74) is -2.90. The molecule has 0 radical (unpaired) electrons. The average molecular weight is 562 g/mol. The molecule has 2 aromatic rings. The number of para-hydroxylation sites is 1. The molecule has 2 saturated heterocycles. The number of hydrogen-bond acceptors (Lipinski definition) is 5. The van der Waals surface area contributed by atoms with Crippen molar-refractivity contribution in [3.05, 3.63) is 65.7 Å². The number of hydrogen-bond donors (Lipinski definition) is 1. The fourth-order valence-electron chi connectivity index (χ4n) is 6.15. The van der Waals surface area contributed by atoms with E-state index in [9.17, 15) is 22.8 Å². The van der Waals surface area contributed by atoms with E-state index in [1.807, 2.05) is 38.4 Å². The summed E-state index contributed by atoms with van der Waals surface area (Å²) in [5.74, 6) is -0.576. The first-order chi connectivity index (χ1) is 19.0. The van der Waals surface area contributed by atoms with Gasteiger partial charge in [-0.15, -0.1) is 0 Å². The van der Waals surface area contributed by atoms with E-state index in [4.69, 9.17) is 9.47 Å². The van der Waals surface area contributed by atoms with Gasteiger partial charge in [0.25, 0.3) is 11.5 Å². The zero-order chi connectivity index (χ0) is 29.0. The largest absolute Gasteiger partial charge is 0.493 e. The van der Waals surface area contributed by atoms with E-state index in [0.717, 1.165) is 31.4 Å². The third kappa shape index (κ3) is 5.83. The van der Waals surface area contributed by atoms with Gasteiger partial charge in [-0.25, -0.2) is 0 Å². The second-order valence-corrected chi connectivity index (χ2v) is 11.0. The number of halogens is 3. The lowest BCUT2D eigenvalue weighted by Crippen LogP contribution is -2.60. The number of ether oxygens (including phenoxy) is 2. The van der Waals surface area contributed by atoms with Gasteiger partial charge in [-0.3, -0.25) is 9.59 Å². The Hall–Kier alpha value is -3.11. The number of alkyl halides is 3. The minimum atomic E-state index is -4.97. The van der Waals surface area contributed by atoms with E-state index in [-0.39, 0.29) is 36.9 Å². The van der Waals surface area contributed by atoms with Gasteiger partial charge >= 0.3 is 6.18 Å². The number of benzene rings is 2. The van der Waals surface area contributed by atoms with E-state index in [2.05, 4.69) is 10.2 Å². The Labute approximate surface area is 233 Å². The quantitative estimate of drug-likeness (QED) is 0.462. The number of carbonyl (C=O) groups excluding carboxylic acids is 2. The summed E-state index contributed by atoms with van der Waals surface area (Å²) in [7, 11) is 4.93. The maximum absolute atomic E-state index is 14.5. The molecule has 2 fully saturated rings. The number of nitrogens with one attached hydrogen (secondary N) is 1. The van der Waals surface area contributed by atoms with Crippen molar-refractivity contribution in [3.8, 4) is 5.75 Å². The van der Waals surface area contributed by atoms with E-state index in [0.29, 0.717) is 26.0 Å². The molecule has 1 unspecified atom stereocenters. The normalized spacial score (nSPS) is 20.7. The van der Waals surface area contributed by atoms with Crippen LogP contribution in [0, 0.1) is 5.41 Å². The summed E-state index contributed by atoms with van der Waals surface area (Å²) >= 11 is 0. The van der Waals surface area contributed by atoms with Crippen LogP contribution in [0.1, 0.15) is 42.7 Å². The molecule has 0 bridgehead atoms. The zero-order valence-corrected chi connectivity index (χ0v) is 23.3. The van der Waals surface area contributed by atoms with Crippen molar-refractivity contribution in [2.45, 2.75) is 43.4 Å². The predicted molar refractivity (Wildman–Crippen MR) is 145 cm³/mol. The van der Waals surface area contributed by atoms with Gasteiger partial charge in [0.1, 0.15) is 5.75 Å². The predicted octanol–water partition coefficient (Wildman–Crippen LogP) is 4.33. The van der Waals surface area contributed by atoms with Crippen LogP contribution >= 0.6 is 0 Å². The molecular formula is C30H38F3N3O4. The van der Waals surface area contributed by atoms with Crippen molar-refractivity contribution in [1.82, 2.24) is 15.1 Å². The molecule has 4 rings (SSSR count). The number of rotatable bonds is 9. The van der Waals surface area contributed by atoms with Crippen LogP contribution in [0.2, 0.25) is 0 Å². The Morgan fingerprint density at radius 1 is 1.07 bits per heavy atom. The number of nitrogens with zero attached hydrogens (tertiary/aromatic N) is 2. The lowest BCUT2D eigenvalue weighted by atomic mass is 9.62. The molecule has 218 valence electrons. The van der Waals surface area contributed by atoms with Gasteiger partial charge in [-0.05, 0) is 50.4 Å². The number of carbonyl (C=O) groups is 2. The monoisotopic (exact) mass is 561 g/mol. The maximum Gasteiger partial charge on any atom is 0.430 e. The molecule has 40 heavy (non-hydrogen) atoms. The standard InChI is InChI=1S/C30H38F3N3O4/c1-35(2)16-9-19-40-25-13-8-7-12-23(25)24-21-34-26(37)20-28(24)14-17-36(18-15-28)27(38)29(39-3,30(31,32)33)22-10-5-4-6-11-22/h4-8,10-13,24H,9,14-21H2,1-3H3,(H,34,37)/t24?,29-/m1/s1. The molecule has 2 atom stereocenters. The molecule has 1 N–H and O–H groups in total. The molecule has 2 amide bonds. The lowest BCUT2D eigenvalue weighted by Gasteiger charge is -2.50. The summed E-state index contributed by atoms with van der Waals surface area (Å²) in [6, 6.07) is 14.8. The molecule has 1 spiro atoms. The molecule has 0 saturated carbocycles. The highest BCUT2D eigenvalue weighted by Crippen LogP contribution is 2.52. The smallest absolute Gasteiger partial charge is 0.430 e. The Bertz CT molecular complexity index is 1170. The highest BCUT2D eigenvalue weighted by atomic mass is 19.4. The van der Waals surface area contributed by atoms with Gasteiger partial charge in [0.05, 0.1) is 6.61 Å². The van der Waals surface area contributed by atoms with Crippen LogP contribution in [0.4, 0.5) is 13.2 Å². The summed E-state index contributed by atoms with van der Waals surface area (Å²) in [6.45, 7) is 2.00. The van der Waals surface area contributed by atoms with E-state index in [1.165, 1.54) is 29.2 Å². The Balaban J connectivity index is 1.58. The van der Waals surface area contributed by atoms with Gasteiger partial charge in [0, 0.05) is 51.2 Å². The van der Waals surface area contributed by atoms with Crippen LogP contribution in [0.25, 0.3) is 0 Å². The number of piperidine rings is 2. The minimum Gasteiger partial charge on any atom is -0.493 e. The van der Waals surface area contributed by atoms with Gasteiger partial charge in [0.15, 0.2) is 0 Å². The molecule has 2 heterocycles. The Morgan fingerprint density at radius 2 is 1.73 bits per heavy atom.